The molecular formula is C20H29N3O4. The summed E-state index contributed by atoms with van der Waals surface area (Å²) in [5.41, 5.74) is 1.32. The highest BCUT2D eigenvalue weighted by molar-refractivity contribution is 5.89. The van der Waals surface area contributed by atoms with Crippen LogP contribution in [0.4, 0.5) is 21.0 Å². The first-order valence-corrected chi connectivity index (χ1v) is 9.58. The molecule has 7 nitrogen and oxygen atoms in total. The number of hydrogen-bond acceptors (Lipinski definition) is 5. The second kappa shape index (κ2) is 8.06. The van der Waals surface area contributed by atoms with E-state index < -0.39 is 5.60 Å². The number of hydrogen-bond donors (Lipinski definition) is 1. The van der Waals surface area contributed by atoms with Crippen LogP contribution >= 0.6 is 0 Å². The fourth-order valence-corrected chi connectivity index (χ4v) is 3.40. The third kappa shape index (κ3) is 5.28. The van der Waals surface area contributed by atoms with Gasteiger partial charge in [0.1, 0.15) is 12.2 Å². The molecule has 1 aromatic rings. The maximum absolute atomic E-state index is 12.3. The normalized spacial score (nSPS) is 20.4. The number of cyclic esters (lactones) is 1. The third-order valence-corrected chi connectivity index (χ3v) is 4.68. The average Bonchev–Trinajstić information content (AvgIpc) is 3.05. The Morgan fingerprint density at radius 3 is 2.85 bits per heavy atom. The maximum Gasteiger partial charge on any atom is 0.414 e. The summed E-state index contributed by atoms with van der Waals surface area (Å²) < 4.78 is 10.5. The standard InChI is InChI=1S/C20H29N3O4/c1-20(2,3)27-18(24)22-9-5-6-15(14-22)13-21-16-7-4-8-17(12-16)23-10-11-26-19(23)25/h4,7-8,12,15,21H,5-6,9-11,13-14H2,1-3H3/t15-/m1/s1. The van der Waals surface area contributed by atoms with Crippen LogP contribution in [-0.4, -0.2) is 55.5 Å². The molecule has 0 saturated carbocycles. The Labute approximate surface area is 160 Å². The molecule has 2 amide bonds. The first kappa shape index (κ1) is 19.3. The minimum atomic E-state index is -0.473. The summed E-state index contributed by atoms with van der Waals surface area (Å²) >= 11 is 0. The van der Waals surface area contributed by atoms with Gasteiger partial charge in [-0.2, -0.15) is 0 Å². The van der Waals surface area contributed by atoms with Gasteiger partial charge in [0.05, 0.1) is 6.54 Å². The fraction of sp³-hybridized carbons (Fsp3) is 0.600. The van der Waals surface area contributed by atoms with E-state index in [2.05, 4.69) is 5.32 Å². The second-order valence-corrected chi connectivity index (χ2v) is 8.13. The van der Waals surface area contributed by atoms with Gasteiger partial charge in [-0.1, -0.05) is 6.07 Å². The van der Waals surface area contributed by atoms with Crippen molar-refractivity contribution in [2.24, 2.45) is 5.92 Å². The van der Waals surface area contributed by atoms with Crippen molar-refractivity contribution < 1.29 is 19.1 Å². The maximum atomic E-state index is 12.3. The molecule has 1 aromatic carbocycles. The Morgan fingerprint density at radius 2 is 2.15 bits per heavy atom. The summed E-state index contributed by atoms with van der Waals surface area (Å²) in [6.07, 6.45) is 1.52. The molecule has 1 atom stereocenters. The highest BCUT2D eigenvalue weighted by Gasteiger charge is 2.28. The van der Waals surface area contributed by atoms with Crippen LogP contribution in [0.3, 0.4) is 0 Å². The van der Waals surface area contributed by atoms with Crippen molar-refractivity contribution in [3.05, 3.63) is 24.3 Å². The lowest BCUT2D eigenvalue weighted by atomic mass is 9.98. The summed E-state index contributed by atoms with van der Waals surface area (Å²) in [6, 6.07) is 7.78. The van der Waals surface area contributed by atoms with E-state index in [0.29, 0.717) is 25.6 Å². The molecule has 7 heteroatoms. The van der Waals surface area contributed by atoms with Gasteiger partial charge in [0.15, 0.2) is 0 Å². The minimum Gasteiger partial charge on any atom is -0.447 e. The van der Waals surface area contributed by atoms with Gasteiger partial charge in [0.25, 0.3) is 0 Å². The number of nitrogens with one attached hydrogen (secondary N) is 1. The quantitative estimate of drug-likeness (QED) is 0.869. The molecule has 0 unspecified atom stereocenters. The second-order valence-electron chi connectivity index (χ2n) is 8.13. The molecule has 0 radical (unpaired) electrons. The molecule has 27 heavy (non-hydrogen) atoms. The van der Waals surface area contributed by atoms with E-state index >= 15 is 0 Å². The molecule has 0 aliphatic carbocycles. The summed E-state index contributed by atoms with van der Waals surface area (Å²) in [5, 5.41) is 3.44. The van der Waals surface area contributed by atoms with E-state index in [1.54, 1.807) is 9.80 Å². The van der Waals surface area contributed by atoms with Crippen molar-refractivity contribution in [2.75, 3.05) is 43.0 Å². The summed E-state index contributed by atoms with van der Waals surface area (Å²) in [5.74, 6) is 0.367. The Hall–Kier alpha value is -2.44. The number of piperidine rings is 1. The van der Waals surface area contributed by atoms with Gasteiger partial charge in [-0.3, -0.25) is 4.90 Å². The van der Waals surface area contributed by atoms with E-state index in [1.807, 2.05) is 45.0 Å². The van der Waals surface area contributed by atoms with E-state index in [-0.39, 0.29) is 12.2 Å². The zero-order valence-corrected chi connectivity index (χ0v) is 16.4. The average molecular weight is 375 g/mol. The van der Waals surface area contributed by atoms with Gasteiger partial charge in [-0.05, 0) is 57.7 Å². The molecule has 2 heterocycles. The predicted octanol–water partition coefficient (Wildman–Crippen LogP) is 3.70. The zero-order chi connectivity index (χ0) is 19.4. The fourth-order valence-electron chi connectivity index (χ4n) is 3.40. The summed E-state index contributed by atoms with van der Waals surface area (Å²) in [7, 11) is 0. The van der Waals surface area contributed by atoms with Crippen LogP contribution < -0.4 is 10.2 Å². The van der Waals surface area contributed by atoms with Crippen LogP contribution in [0.5, 0.6) is 0 Å². The van der Waals surface area contributed by atoms with E-state index in [1.165, 1.54) is 0 Å². The van der Waals surface area contributed by atoms with E-state index in [0.717, 1.165) is 37.3 Å². The van der Waals surface area contributed by atoms with E-state index in [4.69, 9.17) is 9.47 Å². The first-order chi connectivity index (χ1) is 12.8. The van der Waals surface area contributed by atoms with Crippen molar-refractivity contribution in [1.82, 2.24) is 4.90 Å². The number of carbonyl (C=O) groups excluding carboxylic acids is 2. The van der Waals surface area contributed by atoms with Crippen LogP contribution in [-0.2, 0) is 9.47 Å². The number of rotatable bonds is 4. The van der Waals surface area contributed by atoms with Crippen LogP contribution in [0.25, 0.3) is 0 Å². The van der Waals surface area contributed by atoms with Gasteiger partial charge in [0, 0.05) is 31.0 Å². The van der Waals surface area contributed by atoms with Crippen molar-refractivity contribution in [2.45, 2.75) is 39.2 Å². The Bertz CT molecular complexity index is 686. The zero-order valence-electron chi connectivity index (χ0n) is 16.4. The molecule has 2 fully saturated rings. The van der Waals surface area contributed by atoms with Gasteiger partial charge in [-0.25, -0.2) is 9.59 Å². The molecule has 0 aromatic heterocycles. The number of nitrogens with zero attached hydrogens (tertiary/aromatic N) is 2. The van der Waals surface area contributed by atoms with Crippen LogP contribution in [0.1, 0.15) is 33.6 Å². The molecule has 148 valence electrons. The first-order valence-electron chi connectivity index (χ1n) is 9.58. The number of benzene rings is 1. The predicted molar refractivity (Wildman–Crippen MR) is 104 cm³/mol. The van der Waals surface area contributed by atoms with Crippen molar-refractivity contribution >= 4 is 23.6 Å². The van der Waals surface area contributed by atoms with Gasteiger partial charge < -0.3 is 19.7 Å². The molecule has 0 bridgehead atoms. The SMILES string of the molecule is CC(C)(C)OC(=O)N1CCC[C@H](CNc2cccc(N3CCOC3=O)c2)C1. The van der Waals surface area contributed by atoms with E-state index in [9.17, 15) is 9.59 Å². The highest BCUT2D eigenvalue weighted by atomic mass is 16.6. The molecule has 1 N–H and O–H groups in total. The molecule has 3 rings (SSSR count). The topological polar surface area (TPSA) is 71.1 Å². The number of amides is 2. The number of anilines is 2. The number of ether oxygens (including phenoxy) is 2. The van der Waals surface area contributed by atoms with Crippen molar-refractivity contribution in [1.29, 1.82) is 0 Å². The van der Waals surface area contributed by atoms with Gasteiger partial charge >= 0.3 is 12.2 Å². The van der Waals surface area contributed by atoms with Crippen LogP contribution in [0.15, 0.2) is 24.3 Å². The molecule has 0 spiro atoms. The molecule has 2 saturated heterocycles. The smallest absolute Gasteiger partial charge is 0.414 e. The monoisotopic (exact) mass is 375 g/mol. The van der Waals surface area contributed by atoms with Gasteiger partial charge in [-0.15, -0.1) is 0 Å². The minimum absolute atomic E-state index is 0.234. The van der Waals surface area contributed by atoms with Crippen LogP contribution in [0.2, 0.25) is 0 Å². The lowest BCUT2D eigenvalue weighted by molar-refractivity contribution is 0.0172. The third-order valence-electron chi connectivity index (χ3n) is 4.68. The molecule has 2 aliphatic rings. The summed E-state index contributed by atoms with van der Waals surface area (Å²) in [4.78, 5) is 27.5. The molecule has 2 aliphatic heterocycles. The van der Waals surface area contributed by atoms with Crippen molar-refractivity contribution in [3.63, 3.8) is 0 Å². The largest absolute Gasteiger partial charge is 0.447 e. The summed E-state index contributed by atoms with van der Waals surface area (Å²) in [6.45, 7) is 8.88. The lowest BCUT2D eigenvalue weighted by Gasteiger charge is -2.34. The number of carbonyl (C=O) groups is 2. The Morgan fingerprint density at radius 1 is 1.33 bits per heavy atom. The van der Waals surface area contributed by atoms with Gasteiger partial charge in [0.2, 0.25) is 0 Å². The van der Waals surface area contributed by atoms with Crippen molar-refractivity contribution in [3.8, 4) is 0 Å². The lowest BCUT2D eigenvalue weighted by Crippen LogP contribution is -2.44. The number of likely N-dealkylation sites (tertiary alicyclic amines) is 1. The molecular weight excluding hydrogens is 346 g/mol. The Kier molecular flexibility index (Phi) is 5.77. The highest BCUT2D eigenvalue weighted by Crippen LogP contribution is 2.24. The van der Waals surface area contributed by atoms with Crippen LogP contribution in [0, 0.1) is 5.92 Å². The Balaban J connectivity index is 1.54.